The number of anilines is 2. The van der Waals surface area contributed by atoms with Crippen LogP contribution in [-0.4, -0.2) is 39.8 Å². The van der Waals surface area contributed by atoms with Crippen molar-refractivity contribution >= 4 is 35.1 Å². The number of likely N-dealkylation sites (tertiary alicyclic amines) is 1. The molecule has 3 N–H and O–H groups in total. The number of nitrogens with one attached hydrogen (secondary N) is 1. The van der Waals surface area contributed by atoms with Crippen molar-refractivity contribution < 1.29 is 31.9 Å². The number of nitrogens with two attached hydrogens (primary N) is 1. The first-order valence-corrected chi connectivity index (χ1v) is 10.7. The molecule has 5 rings (SSSR count). The SMILES string of the molecule is Nc1cc(-c2c(F)cc(F)cc2F)nn1CC(=O)N1CC[C@@]2(C1)OC(=O)Nc1ccc(Cl)c(F)c12. The Balaban J connectivity index is 1.39. The van der Waals surface area contributed by atoms with Gasteiger partial charge in [-0.3, -0.25) is 10.1 Å². The van der Waals surface area contributed by atoms with Gasteiger partial charge in [-0.25, -0.2) is 27.0 Å². The number of carbonyl (C=O) groups is 2. The number of carbonyl (C=O) groups excluding carboxylic acids is 2. The molecule has 0 bridgehead atoms. The largest absolute Gasteiger partial charge is 0.436 e. The lowest BCUT2D eigenvalue weighted by molar-refractivity contribution is -0.132. The molecule has 8 nitrogen and oxygen atoms in total. The molecule has 1 fully saturated rings. The summed E-state index contributed by atoms with van der Waals surface area (Å²) in [6, 6.07) is 4.92. The zero-order valence-electron chi connectivity index (χ0n) is 17.7. The Morgan fingerprint density at radius 3 is 2.63 bits per heavy atom. The van der Waals surface area contributed by atoms with Gasteiger partial charge in [0.05, 0.1) is 28.4 Å². The van der Waals surface area contributed by atoms with Gasteiger partial charge < -0.3 is 15.4 Å². The Kier molecular flexibility index (Phi) is 5.35. The molecule has 2 amide bonds. The first-order valence-electron chi connectivity index (χ1n) is 10.3. The first kappa shape index (κ1) is 23.0. The highest BCUT2D eigenvalue weighted by atomic mass is 35.5. The van der Waals surface area contributed by atoms with Gasteiger partial charge >= 0.3 is 6.09 Å². The summed E-state index contributed by atoms with van der Waals surface area (Å²) in [5.41, 5.74) is 3.87. The maximum atomic E-state index is 14.9. The topological polar surface area (TPSA) is 102 Å². The molecule has 1 saturated heterocycles. The summed E-state index contributed by atoms with van der Waals surface area (Å²) in [5.74, 6) is -4.78. The van der Waals surface area contributed by atoms with E-state index in [1.54, 1.807) is 0 Å². The number of nitrogens with zero attached hydrogens (tertiary/aromatic N) is 3. The van der Waals surface area contributed by atoms with Gasteiger partial charge in [0.1, 0.15) is 35.5 Å². The first-order chi connectivity index (χ1) is 16.6. The predicted octanol–water partition coefficient (Wildman–Crippen LogP) is 4.03. The third-order valence-corrected chi connectivity index (χ3v) is 6.31. The zero-order valence-corrected chi connectivity index (χ0v) is 18.5. The maximum Gasteiger partial charge on any atom is 0.412 e. The summed E-state index contributed by atoms with van der Waals surface area (Å²) >= 11 is 5.93. The van der Waals surface area contributed by atoms with Gasteiger partial charge in [-0.15, -0.1) is 0 Å². The third-order valence-electron chi connectivity index (χ3n) is 6.02. The van der Waals surface area contributed by atoms with Crippen LogP contribution in [0.25, 0.3) is 11.3 Å². The second kappa shape index (κ2) is 8.15. The smallest absolute Gasteiger partial charge is 0.412 e. The highest BCUT2D eigenvalue weighted by Crippen LogP contribution is 2.45. The van der Waals surface area contributed by atoms with Crippen LogP contribution in [0.15, 0.2) is 30.3 Å². The number of amides is 2. The van der Waals surface area contributed by atoms with Crippen molar-refractivity contribution in [3.8, 4) is 11.3 Å². The fourth-order valence-electron chi connectivity index (χ4n) is 4.44. The van der Waals surface area contributed by atoms with Crippen LogP contribution >= 0.6 is 11.6 Å². The van der Waals surface area contributed by atoms with E-state index in [4.69, 9.17) is 22.1 Å². The summed E-state index contributed by atoms with van der Waals surface area (Å²) in [4.78, 5) is 26.4. The van der Waals surface area contributed by atoms with Crippen molar-refractivity contribution in [2.75, 3.05) is 24.1 Å². The predicted molar refractivity (Wildman–Crippen MR) is 116 cm³/mol. The van der Waals surface area contributed by atoms with Crippen LogP contribution in [0.2, 0.25) is 5.02 Å². The molecule has 3 heterocycles. The molecule has 182 valence electrons. The minimum Gasteiger partial charge on any atom is -0.436 e. The van der Waals surface area contributed by atoms with Gasteiger partial charge in [-0.05, 0) is 12.1 Å². The lowest BCUT2D eigenvalue weighted by atomic mass is 9.89. The van der Waals surface area contributed by atoms with E-state index in [1.807, 2.05) is 0 Å². The minimum absolute atomic E-state index is 0.0445. The van der Waals surface area contributed by atoms with E-state index in [2.05, 4.69) is 10.4 Å². The quantitative estimate of drug-likeness (QED) is 0.519. The number of hydrogen-bond donors (Lipinski definition) is 2. The number of nitrogen functional groups attached to an aromatic ring is 1. The molecule has 1 atom stereocenters. The molecule has 0 saturated carbocycles. The van der Waals surface area contributed by atoms with Gasteiger partial charge in [-0.1, -0.05) is 11.6 Å². The van der Waals surface area contributed by atoms with Crippen molar-refractivity contribution in [1.29, 1.82) is 0 Å². The van der Waals surface area contributed by atoms with Crippen molar-refractivity contribution in [3.63, 3.8) is 0 Å². The van der Waals surface area contributed by atoms with Gasteiger partial charge in [0, 0.05) is 31.2 Å². The number of aromatic nitrogens is 2. The summed E-state index contributed by atoms with van der Waals surface area (Å²) < 4.78 is 62.9. The monoisotopic (exact) mass is 509 g/mol. The van der Waals surface area contributed by atoms with Gasteiger partial charge in [0.15, 0.2) is 11.4 Å². The van der Waals surface area contributed by atoms with Crippen LogP contribution in [0, 0.1) is 23.3 Å². The molecule has 13 heteroatoms. The Morgan fingerprint density at radius 1 is 1.20 bits per heavy atom. The second-order valence-corrected chi connectivity index (χ2v) is 8.62. The zero-order chi connectivity index (χ0) is 25.1. The summed E-state index contributed by atoms with van der Waals surface area (Å²) in [7, 11) is 0. The average Bonchev–Trinajstić information content (AvgIpc) is 3.34. The molecule has 0 aliphatic carbocycles. The Labute approximate surface area is 200 Å². The molecule has 1 spiro atoms. The summed E-state index contributed by atoms with van der Waals surface area (Å²) in [5, 5.41) is 6.25. The van der Waals surface area contributed by atoms with E-state index in [0.717, 1.165) is 10.7 Å². The number of fused-ring (bicyclic) bond motifs is 2. The number of ether oxygens (including phenoxy) is 1. The number of halogens is 5. The molecular formula is C22H16ClF4N5O3. The van der Waals surface area contributed by atoms with Crippen LogP contribution in [0.1, 0.15) is 12.0 Å². The van der Waals surface area contributed by atoms with E-state index in [0.29, 0.717) is 12.1 Å². The minimum atomic E-state index is -1.44. The summed E-state index contributed by atoms with van der Waals surface area (Å²) in [6.45, 7) is -0.449. The normalized spacial score (nSPS) is 19.0. The fourth-order valence-corrected chi connectivity index (χ4v) is 4.60. The fraction of sp³-hybridized carbons (Fsp3) is 0.227. The highest BCUT2D eigenvalue weighted by Gasteiger charge is 2.50. The van der Waals surface area contributed by atoms with Gasteiger partial charge in [-0.2, -0.15) is 5.10 Å². The van der Waals surface area contributed by atoms with E-state index < -0.39 is 53.0 Å². The van der Waals surface area contributed by atoms with Gasteiger partial charge in [0.2, 0.25) is 5.91 Å². The van der Waals surface area contributed by atoms with E-state index in [-0.39, 0.29) is 47.3 Å². The third kappa shape index (κ3) is 3.83. The Hall–Kier alpha value is -3.80. The second-order valence-electron chi connectivity index (χ2n) is 8.21. The maximum absolute atomic E-state index is 14.9. The van der Waals surface area contributed by atoms with Crippen LogP contribution in [0.5, 0.6) is 0 Å². The Bertz CT molecular complexity index is 1370. The molecule has 0 radical (unpaired) electrons. The Morgan fingerprint density at radius 2 is 1.91 bits per heavy atom. The van der Waals surface area contributed by atoms with Crippen LogP contribution in [-0.2, 0) is 21.7 Å². The van der Waals surface area contributed by atoms with Gasteiger partial charge in [0.25, 0.3) is 0 Å². The molecule has 1 aromatic heterocycles. The van der Waals surface area contributed by atoms with Crippen LogP contribution in [0.4, 0.5) is 33.9 Å². The number of rotatable bonds is 3. The highest BCUT2D eigenvalue weighted by molar-refractivity contribution is 6.31. The van der Waals surface area contributed by atoms with E-state index in [9.17, 15) is 27.2 Å². The van der Waals surface area contributed by atoms with Crippen molar-refractivity contribution in [2.45, 2.75) is 18.6 Å². The van der Waals surface area contributed by atoms with Crippen LogP contribution in [0.3, 0.4) is 0 Å². The standard InChI is InChI=1S/C22H16ClF4N5O3/c23-11-1-2-14-19(20(11)27)22(35-21(34)29-14)3-4-31(9-22)17(33)8-32-16(28)7-15(30-32)18-12(25)5-10(24)6-13(18)26/h1-2,5-7H,3-4,8-9,28H2,(H,29,34)/t22-/m0/s1. The number of benzene rings is 2. The summed E-state index contributed by atoms with van der Waals surface area (Å²) in [6.07, 6.45) is -0.680. The van der Waals surface area contributed by atoms with Crippen LogP contribution < -0.4 is 11.1 Å². The molecule has 2 aliphatic heterocycles. The molecule has 2 aromatic carbocycles. The lowest BCUT2D eigenvalue weighted by Gasteiger charge is -2.35. The van der Waals surface area contributed by atoms with Crippen molar-refractivity contribution in [1.82, 2.24) is 14.7 Å². The molecule has 3 aromatic rings. The van der Waals surface area contributed by atoms with E-state index >= 15 is 0 Å². The number of hydrogen-bond acceptors (Lipinski definition) is 5. The molecule has 2 aliphatic rings. The van der Waals surface area contributed by atoms with Crippen molar-refractivity contribution in [2.24, 2.45) is 0 Å². The molecule has 0 unspecified atom stereocenters. The molecular weight excluding hydrogens is 494 g/mol. The lowest BCUT2D eigenvalue weighted by Crippen LogP contribution is -2.44. The van der Waals surface area contributed by atoms with Crippen molar-refractivity contribution in [3.05, 3.63) is 64.2 Å². The average molecular weight is 510 g/mol. The molecule has 35 heavy (non-hydrogen) atoms. The van der Waals surface area contributed by atoms with E-state index in [1.165, 1.54) is 17.0 Å².